The fourth-order valence-electron chi connectivity index (χ4n) is 1.10. The molecule has 0 atom stereocenters. The van der Waals surface area contributed by atoms with Gasteiger partial charge in [0.25, 0.3) is 0 Å². The Morgan fingerprint density at radius 3 is 2.77 bits per heavy atom. The SMILES string of the molecule is CCCCC=Cc1cc(O)[nH]c1O. The molecule has 0 spiro atoms. The summed E-state index contributed by atoms with van der Waals surface area (Å²) < 4.78 is 0. The summed E-state index contributed by atoms with van der Waals surface area (Å²) in [6, 6.07) is 1.50. The van der Waals surface area contributed by atoms with Crippen molar-refractivity contribution in [3.63, 3.8) is 0 Å². The zero-order valence-corrected chi connectivity index (χ0v) is 7.75. The number of hydrogen-bond acceptors (Lipinski definition) is 2. The molecule has 0 bridgehead atoms. The fourth-order valence-corrected chi connectivity index (χ4v) is 1.10. The number of allylic oxidation sites excluding steroid dienone is 1. The molecule has 3 heteroatoms. The summed E-state index contributed by atoms with van der Waals surface area (Å²) in [7, 11) is 0. The van der Waals surface area contributed by atoms with Crippen LogP contribution in [0, 0.1) is 0 Å². The highest BCUT2D eigenvalue weighted by Crippen LogP contribution is 2.22. The molecule has 0 amide bonds. The largest absolute Gasteiger partial charge is 0.494 e. The van der Waals surface area contributed by atoms with Crippen molar-refractivity contribution >= 4 is 6.08 Å². The van der Waals surface area contributed by atoms with Crippen molar-refractivity contribution in [1.29, 1.82) is 0 Å². The van der Waals surface area contributed by atoms with Gasteiger partial charge in [0.1, 0.15) is 0 Å². The van der Waals surface area contributed by atoms with E-state index in [2.05, 4.69) is 11.9 Å². The highest BCUT2D eigenvalue weighted by atomic mass is 16.3. The molecule has 0 saturated carbocycles. The van der Waals surface area contributed by atoms with E-state index in [9.17, 15) is 5.11 Å². The van der Waals surface area contributed by atoms with Crippen LogP contribution in [0.2, 0.25) is 0 Å². The number of aromatic nitrogens is 1. The van der Waals surface area contributed by atoms with Crippen molar-refractivity contribution in [2.45, 2.75) is 26.2 Å². The lowest BCUT2D eigenvalue weighted by atomic mass is 10.2. The summed E-state index contributed by atoms with van der Waals surface area (Å²) in [5, 5.41) is 18.2. The highest BCUT2D eigenvalue weighted by Gasteiger charge is 2.01. The van der Waals surface area contributed by atoms with Gasteiger partial charge in [-0.05, 0) is 6.42 Å². The van der Waals surface area contributed by atoms with Crippen LogP contribution < -0.4 is 0 Å². The molecule has 0 aliphatic carbocycles. The van der Waals surface area contributed by atoms with Gasteiger partial charge in [-0.2, -0.15) is 0 Å². The van der Waals surface area contributed by atoms with Gasteiger partial charge in [-0.15, -0.1) is 0 Å². The van der Waals surface area contributed by atoms with Crippen LogP contribution in [0.1, 0.15) is 31.7 Å². The maximum absolute atomic E-state index is 9.22. The summed E-state index contributed by atoms with van der Waals surface area (Å²) in [4.78, 5) is 2.41. The van der Waals surface area contributed by atoms with E-state index in [1.54, 1.807) is 6.08 Å². The first-order chi connectivity index (χ1) is 6.24. The van der Waals surface area contributed by atoms with Crippen LogP contribution >= 0.6 is 0 Å². The summed E-state index contributed by atoms with van der Waals surface area (Å²) in [6.45, 7) is 2.13. The molecule has 72 valence electrons. The van der Waals surface area contributed by atoms with Gasteiger partial charge in [0.05, 0.1) is 0 Å². The number of unbranched alkanes of at least 4 members (excludes halogenated alkanes) is 2. The lowest BCUT2D eigenvalue weighted by Crippen LogP contribution is -1.68. The Hall–Kier alpha value is -1.38. The van der Waals surface area contributed by atoms with Gasteiger partial charge in [0, 0.05) is 11.6 Å². The van der Waals surface area contributed by atoms with E-state index in [0.717, 1.165) is 19.3 Å². The lowest BCUT2D eigenvalue weighted by molar-refractivity contribution is 0.425. The van der Waals surface area contributed by atoms with Crippen molar-refractivity contribution < 1.29 is 10.2 Å². The predicted molar refractivity (Wildman–Crippen MR) is 52.7 cm³/mol. The van der Waals surface area contributed by atoms with Gasteiger partial charge in [0.2, 0.25) is 0 Å². The molecule has 1 aromatic rings. The molecule has 0 aromatic carbocycles. The minimum Gasteiger partial charge on any atom is -0.494 e. The van der Waals surface area contributed by atoms with Crippen molar-refractivity contribution in [1.82, 2.24) is 4.98 Å². The van der Waals surface area contributed by atoms with Crippen LogP contribution in [0.4, 0.5) is 0 Å². The summed E-state index contributed by atoms with van der Waals surface area (Å²) in [5.74, 6) is 0.0119. The average Bonchev–Trinajstić information content (AvgIpc) is 2.39. The summed E-state index contributed by atoms with van der Waals surface area (Å²) in [5.41, 5.74) is 0.633. The van der Waals surface area contributed by atoms with Gasteiger partial charge in [0.15, 0.2) is 11.8 Å². The smallest absolute Gasteiger partial charge is 0.198 e. The fraction of sp³-hybridized carbons (Fsp3) is 0.400. The highest BCUT2D eigenvalue weighted by molar-refractivity contribution is 5.56. The number of rotatable bonds is 4. The topological polar surface area (TPSA) is 56.2 Å². The van der Waals surface area contributed by atoms with Gasteiger partial charge in [-0.3, -0.25) is 4.98 Å². The Morgan fingerprint density at radius 1 is 1.46 bits per heavy atom. The van der Waals surface area contributed by atoms with Crippen LogP contribution in [-0.4, -0.2) is 15.2 Å². The molecular weight excluding hydrogens is 166 g/mol. The number of aromatic hydroxyl groups is 2. The van der Waals surface area contributed by atoms with E-state index in [4.69, 9.17) is 5.11 Å². The molecule has 3 N–H and O–H groups in total. The predicted octanol–water partition coefficient (Wildman–Crippen LogP) is 2.63. The molecule has 3 nitrogen and oxygen atoms in total. The van der Waals surface area contributed by atoms with E-state index >= 15 is 0 Å². The molecule has 0 saturated heterocycles. The Morgan fingerprint density at radius 2 is 2.23 bits per heavy atom. The number of nitrogens with one attached hydrogen (secondary N) is 1. The lowest BCUT2D eigenvalue weighted by Gasteiger charge is -1.89. The molecule has 0 unspecified atom stereocenters. The second kappa shape index (κ2) is 4.60. The van der Waals surface area contributed by atoms with Crippen molar-refractivity contribution in [3.05, 3.63) is 17.7 Å². The van der Waals surface area contributed by atoms with E-state index in [0.29, 0.717) is 5.56 Å². The Labute approximate surface area is 77.7 Å². The number of H-pyrrole nitrogens is 1. The molecule has 1 rings (SSSR count). The molecule has 1 heterocycles. The number of hydrogen-bond donors (Lipinski definition) is 3. The molecule has 13 heavy (non-hydrogen) atoms. The molecule has 1 aromatic heterocycles. The monoisotopic (exact) mass is 181 g/mol. The maximum atomic E-state index is 9.22. The third-order valence-electron chi connectivity index (χ3n) is 1.83. The standard InChI is InChI=1S/C10H15NO2/c1-2-3-4-5-6-8-7-9(12)11-10(8)13/h5-7,11-13H,2-4H2,1H3. The third-order valence-corrected chi connectivity index (χ3v) is 1.83. The van der Waals surface area contributed by atoms with Crippen molar-refractivity contribution in [2.75, 3.05) is 0 Å². The van der Waals surface area contributed by atoms with Crippen LogP contribution in [0.3, 0.4) is 0 Å². The maximum Gasteiger partial charge on any atom is 0.198 e. The zero-order valence-electron chi connectivity index (χ0n) is 7.75. The molecule has 0 aliphatic heterocycles. The molecular formula is C10H15NO2. The first-order valence-electron chi connectivity index (χ1n) is 4.51. The van der Waals surface area contributed by atoms with Crippen LogP contribution in [-0.2, 0) is 0 Å². The van der Waals surface area contributed by atoms with E-state index in [1.807, 2.05) is 6.08 Å². The molecule has 0 aliphatic rings. The van der Waals surface area contributed by atoms with Crippen LogP contribution in [0.15, 0.2) is 12.1 Å². The van der Waals surface area contributed by atoms with Crippen molar-refractivity contribution in [2.24, 2.45) is 0 Å². The van der Waals surface area contributed by atoms with E-state index in [-0.39, 0.29) is 11.8 Å². The normalized spacial score (nSPS) is 11.2. The third kappa shape index (κ3) is 2.86. The van der Waals surface area contributed by atoms with Gasteiger partial charge in [-0.1, -0.05) is 31.9 Å². The first kappa shape index (κ1) is 9.71. The minimum atomic E-state index is -0.00681. The summed E-state index contributed by atoms with van der Waals surface area (Å²) >= 11 is 0. The molecule has 0 fully saturated rings. The Bertz CT molecular complexity index is 289. The van der Waals surface area contributed by atoms with Gasteiger partial charge < -0.3 is 10.2 Å². The van der Waals surface area contributed by atoms with E-state index in [1.165, 1.54) is 6.07 Å². The first-order valence-corrected chi connectivity index (χ1v) is 4.51. The molecule has 0 radical (unpaired) electrons. The minimum absolute atomic E-state index is 0.00681. The van der Waals surface area contributed by atoms with Crippen molar-refractivity contribution in [3.8, 4) is 11.8 Å². The zero-order chi connectivity index (χ0) is 9.68. The van der Waals surface area contributed by atoms with E-state index < -0.39 is 0 Å². The number of aromatic amines is 1. The van der Waals surface area contributed by atoms with Gasteiger partial charge in [-0.25, -0.2) is 0 Å². The Balaban J connectivity index is 2.53. The van der Waals surface area contributed by atoms with Crippen LogP contribution in [0.25, 0.3) is 6.08 Å². The quantitative estimate of drug-likeness (QED) is 0.625. The second-order valence-corrected chi connectivity index (χ2v) is 3.00. The Kier molecular flexibility index (Phi) is 3.43. The van der Waals surface area contributed by atoms with Gasteiger partial charge >= 0.3 is 0 Å². The summed E-state index contributed by atoms with van der Waals surface area (Å²) in [6.07, 6.45) is 7.11. The second-order valence-electron chi connectivity index (χ2n) is 3.00. The van der Waals surface area contributed by atoms with Crippen LogP contribution in [0.5, 0.6) is 11.8 Å². The average molecular weight is 181 g/mol.